The van der Waals surface area contributed by atoms with Crippen LogP contribution in [-0.4, -0.2) is 48.7 Å². The molecule has 2 aliphatic carbocycles. The largest absolute Gasteiger partial charge is 0.465 e. The zero-order valence-corrected chi connectivity index (χ0v) is 22.4. The van der Waals surface area contributed by atoms with Crippen LogP contribution in [0.15, 0.2) is 53.6 Å². The van der Waals surface area contributed by atoms with Gasteiger partial charge in [0.15, 0.2) is 5.78 Å². The van der Waals surface area contributed by atoms with Crippen molar-refractivity contribution in [2.24, 2.45) is 16.7 Å². The normalized spacial score (nSPS) is 29.2. The molecule has 36 heavy (non-hydrogen) atoms. The average Bonchev–Trinajstić information content (AvgIpc) is 3.17. The lowest BCUT2D eigenvalue weighted by Crippen LogP contribution is -2.52. The number of cyclic esters (lactones) is 1. The van der Waals surface area contributed by atoms with Crippen LogP contribution in [-0.2, 0) is 23.8 Å². The Morgan fingerprint density at radius 3 is 2.61 bits per heavy atom. The highest BCUT2D eigenvalue weighted by Crippen LogP contribution is 2.63. The van der Waals surface area contributed by atoms with Crippen molar-refractivity contribution in [3.05, 3.63) is 59.2 Å². The predicted molar refractivity (Wildman–Crippen MR) is 139 cm³/mol. The Morgan fingerprint density at radius 1 is 1.22 bits per heavy atom. The number of benzene rings is 1. The van der Waals surface area contributed by atoms with Crippen molar-refractivity contribution in [3.63, 3.8) is 0 Å². The monoisotopic (exact) mass is 512 g/mol. The predicted octanol–water partition coefficient (Wildman–Crippen LogP) is 5.52. The van der Waals surface area contributed by atoms with Gasteiger partial charge in [-0.15, -0.1) is 11.8 Å². The molecule has 5 atom stereocenters. The molecule has 0 bridgehead atoms. The van der Waals surface area contributed by atoms with Gasteiger partial charge in [-0.25, -0.2) is 4.79 Å². The topological polar surface area (TPSA) is 78.9 Å². The molecule has 1 unspecified atom stereocenters. The second kappa shape index (κ2) is 10.5. The molecule has 3 aliphatic rings. The summed E-state index contributed by atoms with van der Waals surface area (Å²) in [5.74, 6) is -0.0302. The Kier molecular flexibility index (Phi) is 7.81. The van der Waals surface area contributed by atoms with E-state index in [-0.39, 0.29) is 24.1 Å². The standard InChI is InChI=1S/C29H36O6S/c1-18(2)25(34-17-36-5)24(35-26(31)19-9-7-6-8-10-19)15-21-22-12-11-20-16-33-27(32)29(20,4)28(22,3)14-13-23(21)30/h6-10,20,24-25H,1,11-17H2,2-5H3/t20?,24-,25-,28+,29-/m1/s1. The number of esters is 2. The van der Waals surface area contributed by atoms with Crippen LogP contribution >= 0.6 is 11.8 Å². The van der Waals surface area contributed by atoms with Gasteiger partial charge in [-0.1, -0.05) is 37.3 Å². The number of hydrogen-bond donors (Lipinski definition) is 0. The number of ketones is 1. The van der Waals surface area contributed by atoms with Crippen LogP contribution in [0.3, 0.4) is 0 Å². The third-order valence-electron chi connectivity index (χ3n) is 8.63. The Balaban J connectivity index is 1.73. The van der Waals surface area contributed by atoms with E-state index in [1.165, 1.54) is 11.8 Å². The van der Waals surface area contributed by atoms with E-state index in [9.17, 15) is 14.4 Å². The first-order valence-electron chi connectivity index (χ1n) is 12.6. The third kappa shape index (κ3) is 4.56. The van der Waals surface area contributed by atoms with Crippen molar-refractivity contribution >= 4 is 29.5 Å². The molecule has 1 aliphatic heterocycles. The van der Waals surface area contributed by atoms with E-state index in [0.717, 1.165) is 24.0 Å². The van der Waals surface area contributed by atoms with Crippen LogP contribution in [0, 0.1) is 16.7 Å². The molecule has 4 rings (SSSR count). The molecule has 1 aromatic carbocycles. The fourth-order valence-electron chi connectivity index (χ4n) is 6.33. The minimum Gasteiger partial charge on any atom is -0.465 e. The van der Waals surface area contributed by atoms with Crippen molar-refractivity contribution in [3.8, 4) is 0 Å². The summed E-state index contributed by atoms with van der Waals surface area (Å²) in [6.45, 7) is 10.5. The van der Waals surface area contributed by atoms with Crippen LogP contribution in [0.4, 0.5) is 0 Å². The van der Waals surface area contributed by atoms with Crippen LogP contribution in [0.25, 0.3) is 0 Å². The zero-order chi connectivity index (χ0) is 26.1. The van der Waals surface area contributed by atoms with Gasteiger partial charge < -0.3 is 14.2 Å². The average molecular weight is 513 g/mol. The third-order valence-corrected chi connectivity index (χ3v) is 9.00. The van der Waals surface area contributed by atoms with Gasteiger partial charge in [0.25, 0.3) is 0 Å². The van der Waals surface area contributed by atoms with Crippen LogP contribution in [0.1, 0.15) is 63.2 Å². The van der Waals surface area contributed by atoms with Gasteiger partial charge in [0.05, 0.1) is 23.5 Å². The number of carbonyl (C=O) groups is 3. The Hall–Kier alpha value is -2.38. The van der Waals surface area contributed by atoms with E-state index in [0.29, 0.717) is 36.5 Å². The van der Waals surface area contributed by atoms with Gasteiger partial charge >= 0.3 is 11.9 Å². The fraction of sp³-hybridized carbons (Fsp3) is 0.552. The van der Waals surface area contributed by atoms with Crippen LogP contribution < -0.4 is 0 Å². The molecule has 1 saturated carbocycles. The molecule has 0 radical (unpaired) electrons. The number of allylic oxidation sites excluding steroid dienone is 1. The molecule has 194 valence electrons. The lowest BCUT2D eigenvalue weighted by atomic mass is 9.48. The molecule has 2 fully saturated rings. The molecular weight excluding hydrogens is 476 g/mol. The Morgan fingerprint density at radius 2 is 1.94 bits per heavy atom. The summed E-state index contributed by atoms with van der Waals surface area (Å²) in [7, 11) is 0. The molecule has 0 N–H and O–H groups in total. The summed E-state index contributed by atoms with van der Waals surface area (Å²) in [5.41, 5.74) is 1.72. The van der Waals surface area contributed by atoms with E-state index < -0.39 is 29.0 Å². The number of hydrogen-bond acceptors (Lipinski definition) is 7. The van der Waals surface area contributed by atoms with Gasteiger partial charge in [0.1, 0.15) is 12.2 Å². The smallest absolute Gasteiger partial charge is 0.338 e. The summed E-state index contributed by atoms with van der Waals surface area (Å²) in [6, 6.07) is 8.82. The summed E-state index contributed by atoms with van der Waals surface area (Å²) in [4.78, 5) is 39.5. The minimum atomic E-state index is -0.725. The molecule has 0 amide bonds. The van der Waals surface area contributed by atoms with Crippen LogP contribution in [0.5, 0.6) is 0 Å². The van der Waals surface area contributed by atoms with Crippen LogP contribution in [0.2, 0.25) is 0 Å². The Bertz CT molecular complexity index is 1080. The molecule has 6 nitrogen and oxygen atoms in total. The molecule has 1 saturated heterocycles. The van der Waals surface area contributed by atoms with Crippen molar-refractivity contribution in [2.75, 3.05) is 18.8 Å². The minimum absolute atomic E-state index is 0.0574. The highest BCUT2D eigenvalue weighted by molar-refractivity contribution is 7.98. The van der Waals surface area contributed by atoms with Crippen molar-refractivity contribution in [2.45, 2.75) is 65.1 Å². The molecular formula is C29H36O6S. The zero-order valence-electron chi connectivity index (χ0n) is 21.6. The summed E-state index contributed by atoms with van der Waals surface area (Å²) < 4.78 is 17.6. The van der Waals surface area contributed by atoms with Gasteiger partial charge in [-0.05, 0) is 62.6 Å². The maximum absolute atomic E-state index is 13.4. The molecule has 7 heteroatoms. The first-order chi connectivity index (χ1) is 17.1. The molecule has 0 aromatic heterocycles. The van der Waals surface area contributed by atoms with E-state index in [2.05, 4.69) is 13.5 Å². The summed E-state index contributed by atoms with van der Waals surface area (Å²) in [6.07, 6.45) is 3.37. The summed E-state index contributed by atoms with van der Waals surface area (Å²) in [5, 5.41) is 0. The Labute approximate surface area is 217 Å². The summed E-state index contributed by atoms with van der Waals surface area (Å²) >= 11 is 1.52. The van der Waals surface area contributed by atoms with Gasteiger partial charge in [-0.3, -0.25) is 9.59 Å². The quantitative estimate of drug-likeness (QED) is 0.245. The van der Waals surface area contributed by atoms with Gasteiger partial charge in [-0.2, -0.15) is 0 Å². The van der Waals surface area contributed by atoms with Gasteiger partial charge in [0.2, 0.25) is 0 Å². The second-order valence-electron chi connectivity index (χ2n) is 10.6. The molecule has 1 aromatic rings. The van der Waals surface area contributed by atoms with E-state index >= 15 is 0 Å². The van der Waals surface area contributed by atoms with Crippen molar-refractivity contribution in [1.82, 2.24) is 0 Å². The first kappa shape index (κ1) is 26.7. The van der Waals surface area contributed by atoms with Gasteiger partial charge in [0, 0.05) is 24.2 Å². The molecule has 1 heterocycles. The van der Waals surface area contributed by atoms with E-state index in [1.54, 1.807) is 24.3 Å². The van der Waals surface area contributed by atoms with E-state index in [1.807, 2.05) is 26.2 Å². The van der Waals surface area contributed by atoms with E-state index in [4.69, 9.17) is 14.2 Å². The highest BCUT2D eigenvalue weighted by Gasteiger charge is 2.64. The maximum Gasteiger partial charge on any atom is 0.338 e. The SMILES string of the molecule is C=C(C)[C@@H](OCSC)[C@@H](CC1=C2CCC3COC(=O)[C@]3(C)[C@@]2(C)CCC1=O)OC(=O)c1ccccc1. The number of rotatable bonds is 9. The first-order valence-corrected chi connectivity index (χ1v) is 14.0. The fourth-order valence-corrected chi connectivity index (χ4v) is 6.61. The number of fused-ring (bicyclic) bond motifs is 3. The maximum atomic E-state index is 13.4. The lowest BCUT2D eigenvalue weighted by Gasteiger charge is -2.52. The number of carbonyl (C=O) groups excluding carboxylic acids is 3. The number of thioether (sulfide) groups is 1. The highest BCUT2D eigenvalue weighted by atomic mass is 32.2. The van der Waals surface area contributed by atoms with Crippen molar-refractivity contribution in [1.29, 1.82) is 0 Å². The second-order valence-corrected chi connectivity index (χ2v) is 11.4. The lowest BCUT2D eigenvalue weighted by molar-refractivity contribution is -0.153. The molecule has 0 spiro atoms. The van der Waals surface area contributed by atoms with Crippen molar-refractivity contribution < 1.29 is 28.6 Å². The number of ether oxygens (including phenoxy) is 3. The number of Topliss-reactive ketones (excluding diaryl/α,β-unsaturated/α-hetero) is 1.